The second-order valence-corrected chi connectivity index (χ2v) is 4.68. The molecule has 0 amide bonds. The Morgan fingerprint density at radius 1 is 1.24 bits per heavy atom. The number of nitro benzene ring substituents is 1. The third kappa shape index (κ3) is 3.56. The van der Waals surface area contributed by atoms with Gasteiger partial charge in [0.1, 0.15) is 5.75 Å². The number of rotatable bonds is 4. The normalized spacial score (nSPS) is 10.8. The van der Waals surface area contributed by atoms with Crippen LogP contribution < -0.4 is 5.43 Å². The van der Waals surface area contributed by atoms with Crippen molar-refractivity contribution in [2.75, 3.05) is 5.43 Å². The number of nitrogens with zero attached hydrogens (tertiary/aromatic N) is 2. The van der Waals surface area contributed by atoms with E-state index in [0.717, 1.165) is 16.7 Å². The molecule has 0 bridgehead atoms. The maximum Gasteiger partial charge on any atom is 0.271 e. The summed E-state index contributed by atoms with van der Waals surface area (Å²) in [5, 5.41) is 24.4. The number of nitrogens with one attached hydrogen (secondary N) is 1. The highest BCUT2D eigenvalue weighted by Crippen LogP contribution is 2.22. The molecular formula is C15H15N3O3. The fraction of sp³-hybridized carbons (Fsp3) is 0.133. The maximum absolute atomic E-state index is 10.7. The van der Waals surface area contributed by atoms with Crippen LogP contribution in [0.15, 0.2) is 41.5 Å². The first-order valence-corrected chi connectivity index (χ1v) is 6.31. The van der Waals surface area contributed by atoms with Gasteiger partial charge in [0.2, 0.25) is 0 Å². The highest BCUT2D eigenvalue weighted by molar-refractivity contribution is 5.81. The Morgan fingerprint density at radius 3 is 2.52 bits per heavy atom. The zero-order valence-electron chi connectivity index (χ0n) is 11.7. The van der Waals surface area contributed by atoms with Crippen molar-refractivity contribution in [3.63, 3.8) is 0 Å². The van der Waals surface area contributed by atoms with E-state index in [1.807, 2.05) is 13.8 Å². The Kier molecular flexibility index (Phi) is 4.18. The number of phenols is 1. The third-order valence-electron chi connectivity index (χ3n) is 2.98. The predicted molar refractivity (Wildman–Crippen MR) is 81.9 cm³/mol. The van der Waals surface area contributed by atoms with E-state index >= 15 is 0 Å². The molecule has 0 saturated carbocycles. The van der Waals surface area contributed by atoms with Gasteiger partial charge in [0.05, 0.1) is 16.8 Å². The summed E-state index contributed by atoms with van der Waals surface area (Å²) in [7, 11) is 0. The lowest BCUT2D eigenvalue weighted by molar-refractivity contribution is -0.384. The highest BCUT2D eigenvalue weighted by atomic mass is 16.6. The maximum atomic E-state index is 10.7. The number of hydrogen-bond acceptors (Lipinski definition) is 5. The van der Waals surface area contributed by atoms with Crippen molar-refractivity contribution in [1.82, 2.24) is 0 Å². The zero-order valence-corrected chi connectivity index (χ0v) is 11.7. The molecule has 108 valence electrons. The van der Waals surface area contributed by atoms with E-state index < -0.39 is 4.92 Å². The van der Waals surface area contributed by atoms with Crippen molar-refractivity contribution >= 4 is 17.6 Å². The number of aryl methyl sites for hydroxylation is 2. The molecule has 0 aliphatic carbocycles. The molecule has 0 spiro atoms. The number of benzene rings is 2. The van der Waals surface area contributed by atoms with Gasteiger partial charge in [0, 0.05) is 12.1 Å². The fourth-order valence-corrected chi connectivity index (χ4v) is 1.93. The summed E-state index contributed by atoms with van der Waals surface area (Å²) in [5.74, 6) is 0.277. The van der Waals surface area contributed by atoms with E-state index in [-0.39, 0.29) is 11.4 Å². The number of hydrazone groups is 1. The van der Waals surface area contributed by atoms with Crippen molar-refractivity contribution in [3.8, 4) is 5.75 Å². The van der Waals surface area contributed by atoms with Gasteiger partial charge in [-0.15, -0.1) is 0 Å². The van der Waals surface area contributed by atoms with Gasteiger partial charge in [-0.25, -0.2) is 0 Å². The second-order valence-electron chi connectivity index (χ2n) is 4.68. The predicted octanol–water partition coefficient (Wildman–Crippen LogP) is 3.36. The number of phenolic OH excluding ortho intramolecular Hbond substituents is 1. The van der Waals surface area contributed by atoms with Crippen molar-refractivity contribution in [2.45, 2.75) is 13.8 Å². The van der Waals surface area contributed by atoms with E-state index in [4.69, 9.17) is 0 Å². The topological polar surface area (TPSA) is 87.8 Å². The zero-order chi connectivity index (χ0) is 15.4. The van der Waals surface area contributed by atoms with Gasteiger partial charge in [-0.3, -0.25) is 15.5 Å². The van der Waals surface area contributed by atoms with Gasteiger partial charge < -0.3 is 5.11 Å². The first-order chi connectivity index (χ1) is 9.97. The Labute approximate surface area is 121 Å². The fourth-order valence-electron chi connectivity index (χ4n) is 1.93. The summed E-state index contributed by atoms with van der Waals surface area (Å²) in [6, 6.07) is 9.72. The van der Waals surface area contributed by atoms with Crippen LogP contribution in [0.5, 0.6) is 5.75 Å². The Balaban J connectivity index is 2.12. The summed E-state index contributed by atoms with van der Waals surface area (Å²) in [5.41, 5.74) is 5.66. The van der Waals surface area contributed by atoms with Crippen LogP contribution in [0.4, 0.5) is 11.4 Å². The molecule has 0 aliphatic heterocycles. The van der Waals surface area contributed by atoms with Gasteiger partial charge in [-0.05, 0) is 48.7 Å². The van der Waals surface area contributed by atoms with Crippen LogP contribution in [0, 0.1) is 24.0 Å². The number of anilines is 1. The molecule has 0 heterocycles. The van der Waals surface area contributed by atoms with E-state index in [9.17, 15) is 15.2 Å². The summed E-state index contributed by atoms with van der Waals surface area (Å²) < 4.78 is 0. The van der Waals surface area contributed by atoms with Crippen LogP contribution >= 0.6 is 0 Å². The molecule has 6 nitrogen and oxygen atoms in total. The number of non-ortho nitro benzene ring substituents is 1. The lowest BCUT2D eigenvalue weighted by Crippen LogP contribution is -1.94. The summed E-state index contributed by atoms with van der Waals surface area (Å²) in [6.45, 7) is 3.63. The molecule has 0 radical (unpaired) electrons. The van der Waals surface area contributed by atoms with Crippen LogP contribution in [-0.4, -0.2) is 16.2 Å². The standard InChI is InChI=1S/C15H15N3O3/c1-10-6-12(7-11(2)15(10)19)9-16-17-13-4-3-5-14(8-13)18(20)21/h3-9,17,19H,1-2H3/b16-9+. The molecule has 0 aliphatic rings. The first kappa shape index (κ1) is 14.5. The summed E-state index contributed by atoms with van der Waals surface area (Å²) in [6.07, 6.45) is 1.60. The van der Waals surface area contributed by atoms with Crippen LogP contribution in [0.3, 0.4) is 0 Å². The summed E-state index contributed by atoms with van der Waals surface area (Å²) >= 11 is 0. The minimum absolute atomic E-state index is 0.00604. The SMILES string of the molecule is Cc1cc(/C=N/Nc2cccc([N+](=O)[O-])c2)cc(C)c1O. The van der Waals surface area contributed by atoms with Gasteiger partial charge in [0.15, 0.2) is 0 Å². The number of nitro groups is 1. The van der Waals surface area contributed by atoms with Gasteiger partial charge in [-0.1, -0.05) is 6.07 Å². The second kappa shape index (κ2) is 6.04. The van der Waals surface area contributed by atoms with Gasteiger partial charge in [-0.2, -0.15) is 5.10 Å². The van der Waals surface area contributed by atoms with E-state index in [1.165, 1.54) is 12.1 Å². The molecule has 0 atom stereocenters. The molecule has 2 rings (SSSR count). The largest absolute Gasteiger partial charge is 0.507 e. The summed E-state index contributed by atoms with van der Waals surface area (Å²) in [4.78, 5) is 10.2. The third-order valence-corrected chi connectivity index (χ3v) is 2.98. The quantitative estimate of drug-likeness (QED) is 0.512. The molecule has 2 aromatic rings. The Hall–Kier alpha value is -2.89. The minimum atomic E-state index is -0.457. The van der Waals surface area contributed by atoms with Crippen molar-refractivity contribution in [3.05, 3.63) is 63.2 Å². The first-order valence-electron chi connectivity index (χ1n) is 6.31. The average Bonchev–Trinajstić information content (AvgIpc) is 2.45. The van der Waals surface area contributed by atoms with Crippen molar-refractivity contribution in [2.24, 2.45) is 5.10 Å². The highest BCUT2D eigenvalue weighted by Gasteiger charge is 2.05. The molecule has 0 saturated heterocycles. The van der Waals surface area contributed by atoms with Crippen molar-refractivity contribution in [1.29, 1.82) is 0 Å². The van der Waals surface area contributed by atoms with Gasteiger partial charge >= 0.3 is 0 Å². The monoisotopic (exact) mass is 285 g/mol. The average molecular weight is 285 g/mol. The number of aromatic hydroxyl groups is 1. The smallest absolute Gasteiger partial charge is 0.271 e. The molecule has 21 heavy (non-hydrogen) atoms. The number of hydrogen-bond donors (Lipinski definition) is 2. The molecule has 0 unspecified atom stereocenters. The van der Waals surface area contributed by atoms with Crippen LogP contribution in [0.25, 0.3) is 0 Å². The van der Waals surface area contributed by atoms with E-state index in [1.54, 1.807) is 30.5 Å². The van der Waals surface area contributed by atoms with Crippen LogP contribution in [0.1, 0.15) is 16.7 Å². The Bertz CT molecular complexity index is 688. The van der Waals surface area contributed by atoms with E-state index in [2.05, 4.69) is 10.5 Å². The Morgan fingerprint density at radius 2 is 1.90 bits per heavy atom. The van der Waals surface area contributed by atoms with Crippen LogP contribution in [0.2, 0.25) is 0 Å². The molecule has 6 heteroatoms. The lowest BCUT2D eigenvalue weighted by Gasteiger charge is -2.04. The lowest BCUT2D eigenvalue weighted by atomic mass is 10.1. The molecule has 2 aromatic carbocycles. The van der Waals surface area contributed by atoms with Crippen molar-refractivity contribution < 1.29 is 10.0 Å². The van der Waals surface area contributed by atoms with Crippen LogP contribution in [-0.2, 0) is 0 Å². The molecule has 0 fully saturated rings. The minimum Gasteiger partial charge on any atom is -0.507 e. The molecule has 2 N–H and O–H groups in total. The van der Waals surface area contributed by atoms with E-state index in [0.29, 0.717) is 5.69 Å². The van der Waals surface area contributed by atoms with Gasteiger partial charge in [0.25, 0.3) is 5.69 Å². The molecule has 0 aromatic heterocycles. The molecular weight excluding hydrogens is 270 g/mol.